The van der Waals surface area contributed by atoms with Crippen LogP contribution in [0.15, 0.2) is 83.9 Å². The maximum absolute atomic E-state index is 13.0. The summed E-state index contributed by atoms with van der Waals surface area (Å²) in [4.78, 5) is 31.6. The number of para-hydroxylation sites is 2. The highest BCUT2D eigenvalue weighted by Crippen LogP contribution is 2.32. The van der Waals surface area contributed by atoms with Crippen molar-refractivity contribution in [2.45, 2.75) is 6.54 Å². The van der Waals surface area contributed by atoms with Gasteiger partial charge in [0, 0.05) is 34.2 Å². The van der Waals surface area contributed by atoms with Crippen LogP contribution in [0.5, 0.6) is 0 Å². The molecule has 0 amide bonds. The van der Waals surface area contributed by atoms with Crippen LogP contribution < -0.4 is 5.56 Å². The highest BCUT2D eigenvalue weighted by Gasteiger charge is 2.17. The van der Waals surface area contributed by atoms with Crippen LogP contribution in [0, 0.1) is 10.1 Å². The van der Waals surface area contributed by atoms with Crippen LogP contribution in [0.25, 0.3) is 33.1 Å². The van der Waals surface area contributed by atoms with Crippen LogP contribution in [0.3, 0.4) is 0 Å². The lowest BCUT2D eigenvalue weighted by Crippen LogP contribution is -2.21. The Kier molecular flexibility index (Phi) is 4.14. The normalized spacial score (nSPS) is 11.2. The van der Waals surface area contributed by atoms with Crippen molar-refractivity contribution >= 4 is 27.5 Å². The zero-order valence-electron chi connectivity index (χ0n) is 15.8. The summed E-state index contributed by atoms with van der Waals surface area (Å²) in [6.45, 7) is 0.290. The van der Waals surface area contributed by atoms with E-state index in [2.05, 4.69) is 9.97 Å². The molecular formula is C23H16N4O3. The van der Waals surface area contributed by atoms with Crippen molar-refractivity contribution in [2.75, 3.05) is 0 Å². The molecule has 0 saturated carbocycles. The lowest BCUT2D eigenvalue weighted by Gasteiger charge is -2.09. The molecule has 0 aliphatic heterocycles. The van der Waals surface area contributed by atoms with Gasteiger partial charge in [-0.25, -0.2) is 4.98 Å². The highest BCUT2D eigenvalue weighted by molar-refractivity contribution is 5.91. The topological polar surface area (TPSA) is 93.8 Å². The largest absolute Gasteiger partial charge is 0.354 e. The number of aromatic amines is 1. The fourth-order valence-corrected chi connectivity index (χ4v) is 3.77. The van der Waals surface area contributed by atoms with E-state index in [9.17, 15) is 14.9 Å². The molecule has 0 spiro atoms. The van der Waals surface area contributed by atoms with E-state index in [-0.39, 0.29) is 11.2 Å². The van der Waals surface area contributed by atoms with Gasteiger partial charge < -0.3 is 4.98 Å². The van der Waals surface area contributed by atoms with Crippen LogP contribution in [0.1, 0.15) is 5.56 Å². The molecule has 5 aromatic rings. The molecule has 0 bridgehead atoms. The zero-order valence-corrected chi connectivity index (χ0v) is 15.8. The number of nitrogens with one attached hydrogen (secondary N) is 1. The average Bonchev–Trinajstić information content (AvgIpc) is 3.14. The Morgan fingerprint density at radius 3 is 2.57 bits per heavy atom. The first-order chi connectivity index (χ1) is 14.6. The third-order valence-electron chi connectivity index (χ3n) is 5.22. The van der Waals surface area contributed by atoms with Crippen LogP contribution >= 0.6 is 0 Å². The van der Waals surface area contributed by atoms with Gasteiger partial charge in [0.25, 0.3) is 11.2 Å². The van der Waals surface area contributed by atoms with Crippen molar-refractivity contribution in [1.82, 2.24) is 14.5 Å². The van der Waals surface area contributed by atoms with Gasteiger partial charge in [-0.1, -0.05) is 42.5 Å². The molecule has 0 aliphatic rings. The fraction of sp³-hybridized carbons (Fsp3) is 0.0435. The Hall–Kier alpha value is -4.26. The van der Waals surface area contributed by atoms with Gasteiger partial charge in [-0.3, -0.25) is 19.5 Å². The SMILES string of the molecule is O=c1c2ccccc2ncn1Cc1c(-c2cccc([N+](=O)[O-])c2)[nH]c2ccccc12. The second-order valence-corrected chi connectivity index (χ2v) is 7.03. The number of hydrogen-bond donors (Lipinski definition) is 1. The van der Waals surface area contributed by atoms with Crippen molar-refractivity contribution in [3.63, 3.8) is 0 Å². The molecule has 2 heterocycles. The number of benzene rings is 3. The molecule has 5 rings (SSSR count). The number of aromatic nitrogens is 3. The second-order valence-electron chi connectivity index (χ2n) is 7.03. The Morgan fingerprint density at radius 1 is 0.967 bits per heavy atom. The Bertz CT molecular complexity index is 1480. The second kappa shape index (κ2) is 6.97. The minimum Gasteiger partial charge on any atom is -0.354 e. The lowest BCUT2D eigenvalue weighted by molar-refractivity contribution is -0.384. The van der Waals surface area contributed by atoms with E-state index in [1.165, 1.54) is 12.1 Å². The van der Waals surface area contributed by atoms with Crippen molar-refractivity contribution in [3.8, 4) is 11.3 Å². The quantitative estimate of drug-likeness (QED) is 0.357. The minimum atomic E-state index is -0.413. The van der Waals surface area contributed by atoms with Crippen LogP contribution in [0.4, 0.5) is 5.69 Å². The van der Waals surface area contributed by atoms with Crippen molar-refractivity contribution in [1.29, 1.82) is 0 Å². The highest BCUT2D eigenvalue weighted by atomic mass is 16.6. The molecule has 1 N–H and O–H groups in total. The molecular weight excluding hydrogens is 380 g/mol. The number of nitro benzene ring substituents is 1. The first-order valence-corrected chi connectivity index (χ1v) is 9.40. The maximum atomic E-state index is 13.0. The van der Waals surface area contributed by atoms with Crippen molar-refractivity contribution in [3.05, 3.63) is 105 Å². The van der Waals surface area contributed by atoms with Crippen LogP contribution in [-0.2, 0) is 6.54 Å². The van der Waals surface area contributed by atoms with E-state index in [0.717, 1.165) is 22.2 Å². The van der Waals surface area contributed by atoms with E-state index in [1.54, 1.807) is 29.1 Å². The molecule has 2 aromatic heterocycles. The summed E-state index contributed by atoms with van der Waals surface area (Å²) >= 11 is 0. The summed E-state index contributed by atoms with van der Waals surface area (Å²) in [6.07, 6.45) is 1.55. The molecule has 30 heavy (non-hydrogen) atoms. The van der Waals surface area contributed by atoms with Crippen molar-refractivity contribution < 1.29 is 4.92 Å². The molecule has 146 valence electrons. The van der Waals surface area contributed by atoms with Crippen LogP contribution in [-0.4, -0.2) is 19.5 Å². The summed E-state index contributed by atoms with van der Waals surface area (Å²) in [6, 6.07) is 21.5. The van der Waals surface area contributed by atoms with Crippen molar-refractivity contribution in [2.24, 2.45) is 0 Å². The average molecular weight is 396 g/mol. The summed E-state index contributed by atoms with van der Waals surface area (Å²) in [5, 5.41) is 12.8. The molecule has 0 radical (unpaired) electrons. The molecule has 0 unspecified atom stereocenters. The van der Waals surface area contributed by atoms with Gasteiger partial charge in [0.1, 0.15) is 0 Å². The zero-order chi connectivity index (χ0) is 20.7. The molecule has 0 saturated heterocycles. The molecule has 0 fully saturated rings. The number of nitrogens with zero attached hydrogens (tertiary/aromatic N) is 3. The van der Waals surface area contributed by atoms with Gasteiger partial charge in [-0.05, 0) is 18.2 Å². The number of non-ortho nitro benzene ring substituents is 1. The third-order valence-corrected chi connectivity index (χ3v) is 5.22. The predicted octanol–water partition coefficient (Wildman–Crippen LogP) is 4.50. The minimum absolute atomic E-state index is 0.0154. The van der Waals surface area contributed by atoms with E-state index >= 15 is 0 Å². The Morgan fingerprint density at radius 2 is 1.73 bits per heavy atom. The summed E-state index contributed by atoms with van der Waals surface area (Å²) in [7, 11) is 0. The number of fused-ring (bicyclic) bond motifs is 2. The van der Waals surface area contributed by atoms with E-state index in [0.29, 0.717) is 23.0 Å². The summed E-state index contributed by atoms with van der Waals surface area (Å²) in [5.41, 5.74) is 3.76. The smallest absolute Gasteiger partial charge is 0.270 e. The number of H-pyrrole nitrogens is 1. The molecule has 0 atom stereocenters. The van der Waals surface area contributed by atoms with E-state index in [4.69, 9.17) is 0 Å². The van der Waals surface area contributed by atoms with Crippen LogP contribution in [0.2, 0.25) is 0 Å². The fourth-order valence-electron chi connectivity index (χ4n) is 3.77. The summed E-state index contributed by atoms with van der Waals surface area (Å²) in [5.74, 6) is 0. The number of hydrogen-bond acceptors (Lipinski definition) is 4. The third kappa shape index (κ3) is 2.93. The maximum Gasteiger partial charge on any atom is 0.270 e. The molecule has 3 aromatic carbocycles. The van der Waals surface area contributed by atoms with Gasteiger partial charge in [-0.15, -0.1) is 0 Å². The molecule has 7 heteroatoms. The Balaban J connectivity index is 1.70. The van der Waals surface area contributed by atoms with Gasteiger partial charge >= 0.3 is 0 Å². The summed E-state index contributed by atoms with van der Waals surface area (Å²) < 4.78 is 1.57. The predicted molar refractivity (Wildman–Crippen MR) is 115 cm³/mol. The Labute approximate surface area is 170 Å². The van der Waals surface area contributed by atoms with Gasteiger partial charge in [0.2, 0.25) is 0 Å². The van der Waals surface area contributed by atoms with Gasteiger partial charge in [0.15, 0.2) is 0 Å². The molecule has 7 nitrogen and oxygen atoms in total. The number of rotatable bonds is 4. The van der Waals surface area contributed by atoms with Gasteiger partial charge in [-0.2, -0.15) is 0 Å². The monoisotopic (exact) mass is 396 g/mol. The first kappa shape index (κ1) is 17.8. The molecule has 0 aliphatic carbocycles. The van der Waals surface area contributed by atoms with E-state index < -0.39 is 4.92 Å². The number of nitro groups is 1. The van der Waals surface area contributed by atoms with E-state index in [1.807, 2.05) is 42.5 Å². The van der Waals surface area contributed by atoms with Gasteiger partial charge in [0.05, 0.1) is 34.4 Å². The standard InChI is InChI=1S/C23H16N4O3/c28-23-18-9-2-3-10-20(18)24-14-26(23)13-19-17-8-1-4-11-21(17)25-22(19)15-6-5-7-16(12-15)27(29)30/h1-12,14,25H,13H2. The first-order valence-electron chi connectivity index (χ1n) is 9.40. The lowest BCUT2D eigenvalue weighted by atomic mass is 10.0.